The van der Waals surface area contributed by atoms with E-state index < -0.39 is 42.8 Å². The first kappa shape index (κ1) is 15.0. The van der Waals surface area contributed by atoms with Gasteiger partial charge in [0.25, 0.3) is 11.8 Å². The monoisotopic (exact) mass is 301 g/mol. The summed E-state index contributed by atoms with van der Waals surface area (Å²) < 4.78 is 39.8. The number of carboxylic acids is 1. The number of amides is 2. The van der Waals surface area contributed by atoms with Crippen LogP contribution in [0.3, 0.4) is 0 Å². The van der Waals surface area contributed by atoms with E-state index in [2.05, 4.69) is 0 Å². The van der Waals surface area contributed by atoms with Crippen LogP contribution in [0.5, 0.6) is 0 Å². The first-order valence-corrected chi connectivity index (χ1v) is 5.95. The van der Waals surface area contributed by atoms with Crippen LogP contribution in [0.1, 0.15) is 20.7 Å². The fourth-order valence-electron chi connectivity index (χ4n) is 2.00. The zero-order chi connectivity index (χ0) is 15.7. The van der Waals surface area contributed by atoms with Crippen molar-refractivity contribution >= 4 is 17.8 Å². The maximum absolute atomic E-state index is 13.6. The van der Waals surface area contributed by atoms with Crippen LogP contribution in [0.15, 0.2) is 24.3 Å². The Morgan fingerprint density at radius 3 is 2.00 bits per heavy atom. The van der Waals surface area contributed by atoms with Gasteiger partial charge in [0.2, 0.25) is 6.17 Å². The van der Waals surface area contributed by atoms with Gasteiger partial charge in [0.15, 0.2) is 12.3 Å². The van der Waals surface area contributed by atoms with E-state index >= 15 is 0 Å². The summed E-state index contributed by atoms with van der Waals surface area (Å²) in [6, 6.07) is 5.71. The molecule has 1 aliphatic rings. The van der Waals surface area contributed by atoms with Crippen LogP contribution in [0.2, 0.25) is 0 Å². The predicted octanol–water partition coefficient (Wildman–Crippen LogP) is 1.38. The molecule has 1 aromatic rings. The van der Waals surface area contributed by atoms with Gasteiger partial charge in [-0.3, -0.25) is 14.5 Å². The minimum atomic E-state index is -3.06. The molecule has 1 aromatic carbocycles. The first-order valence-electron chi connectivity index (χ1n) is 5.95. The third-order valence-electron chi connectivity index (χ3n) is 3.10. The van der Waals surface area contributed by atoms with Crippen molar-refractivity contribution < 1.29 is 32.7 Å². The van der Waals surface area contributed by atoms with Gasteiger partial charge in [-0.05, 0) is 12.1 Å². The van der Waals surface area contributed by atoms with E-state index in [-0.39, 0.29) is 11.1 Å². The quantitative estimate of drug-likeness (QED) is 0.834. The molecule has 1 heterocycles. The molecule has 2 amide bonds. The normalized spacial score (nSPS) is 18.3. The first-order chi connectivity index (χ1) is 9.84. The molecular formula is C13H10F3NO4. The van der Waals surface area contributed by atoms with Gasteiger partial charge in [0, 0.05) is 0 Å². The number of carbonyl (C=O) groups excluding carboxylic acids is 2. The van der Waals surface area contributed by atoms with Gasteiger partial charge < -0.3 is 5.11 Å². The van der Waals surface area contributed by atoms with Gasteiger partial charge >= 0.3 is 5.97 Å². The highest BCUT2D eigenvalue weighted by Crippen LogP contribution is 2.24. The standard InChI is InChI=1S/C13H10F3NO4/c14-8(9(15)10(16)13(20)21)5-17-11(18)6-3-1-2-4-7(6)12(17)19/h1-4,8-10H,5H2,(H,20,21)/t8-,9+,10+/m0/s1. The third-order valence-corrected chi connectivity index (χ3v) is 3.10. The summed E-state index contributed by atoms with van der Waals surface area (Å²) in [7, 11) is 0. The number of aliphatic carboxylic acids is 1. The Hall–Kier alpha value is -2.38. The molecule has 0 saturated carbocycles. The van der Waals surface area contributed by atoms with Gasteiger partial charge in [-0.1, -0.05) is 12.1 Å². The highest BCUT2D eigenvalue weighted by Gasteiger charge is 2.41. The van der Waals surface area contributed by atoms with Crippen LogP contribution in [0.4, 0.5) is 13.2 Å². The van der Waals surface area contributed by atoms with E-state index in [0.29, 0.717) is 4.90 Å². The fraction of sp³-hybridized carbons (Fsp3) is 0.308. The van der Waals surface area contributed by atoms with E-state index in [1.807, 2.05) is 0 Å². The molecule has 1 N–H and O–H groups in total. The lowest BCUT2D eigenvalue weighted by Crippen LogP contribution is -2.43. The topological polar surface area (TPSA) is 74.7 Å². The van der Waals surface area contributed by atoms with Crippen molar-refractivity contribution in [3.63, 3.8) is 0 Å². The Labute approximate surface area is 117 Å². The molecule has 1 aliphatic heterocycles. The molecule has 0 saturated heterocycles. The SMILES string of the molecule is O=C(O)[C@H](F)[C@H](F)[C@@H](F)CN1C(=O)c2ccccc2C1=O. The number of carboxylic acid groups (broad SMARTS) is 1. The molecule has 8 heteroatoms. The van der Waals surface area contributed by atoms with E-state index in [1.165, 1.54) is 24.3 Å². The molecule has 21 heavy (non-hydrogen) atoms. The number of benzene rings is 1. The smallest absolute Gasteiger partial charge is 0.341 e. The molecule has 0 radical (unpaired) electrons. The number of hydrogen-bond acceptors (Lipinski definition) is 3. The van der Waals surface area contributed by atoms with Crippen LogP contribution in [0.25, 0.3) is 0 Å². The Balaban J connectivity index is 2.13. The average Bonchev–Trinajstić information content (AvgIpc) is 2.71. The zero-order valence-corrected chi connectivity index (χ0v) is 10.5. The highest BCUT2D eigenvalue weighted by atomic mass is 19.2. The van der Waals surface area contributed by atoms with Crippen molar-refractivity contribution in [1.82, 2.24) is 4.90 Å². The number of nitrogens with zero attached hydrogens (tertiary/aromatic N) is 1. The third kappa shape index (κ3) is 2.61. The second-order valence-electron chi connectivity index (χ2n) is 4.47. The van der Waals surface area contributed by atoms with E-state index in [4.69, 9.17) is 5.11 Å². The molecule has 0 spiro atoms. The molecule has 0 bridgehead atoms. The maximum Gasteiger partial charge on any atom is 0.341 e. The van der Waals surface area contributed by atoms with Gasteiger partial charge in [-0.25, -0.2) is 18.0 Å². The molecular weight excluding hydrogens is 291 g/mol. The maximum atomic E-state index is 13.6. The van der Waals surface area contributed by atoms with Crippen molar-refractivity contribution in [1.29, 1.82) is 0 Å². The van der Waals surface area contributed by atoms with Crippen LogP contribution in [0, 0.1) is 0 Å². The fourth-order valence-corrected chi connectivity index (χ4v) is 2.00. The van der Waals surface area contributed by atoms with Crippen molar-refractivity contribution in [2.24, 2.45) is 0 Å². The van der Waals surface area contributed by atoms with Gasteiger partial charge in [0.1, 0.15) is 0 Å². The molecule has 0 fully saturated rings. The van der Waals surface area contributed by atoms with E-state index in [1.54, 1.807) is 0 Å². The number of halogens is 3. The molecule has 0 aromatic heterocycles. The second kappa shape index (κ2) is 5.55. The Bertz CT molecular complexity index is 572. The molecule has 3 atom stereocenters. The van der Waals surface area contributed by atoms with Crippen molar-refractivity contribution in [3.05, 3.63) is 35.4 Å². The van der Waals surface area contributed by atoms with Crippen molar-refractivity contribution in [2.75, 3.05) is 6.54 Å². The number of hydrogen-bond donors (Lipinski definition) is 1. The lowest BCUT2D eigenvalue weighted by atomic mass is 10.1. The minimum Gasteiger partial charge on any atom is -0.479 e. The molecule has 0 unspecified atom stereocenters. The zero-order valence-electron chi connectivity index (χ0n) is 10.5. The van der Waals surface area contributed by atoms with E-state index in [0.717, 1.165) is 0 Å². The summed E-state index contributed by atoms with van der Waals surface area (Å²) in [6.07, 6.45) is -8.65. The van der Waals surface area contributed by atoms with E-state index in [9.17, 15) is 27.6 Å². The lowest BCUT2D eigenvalue weighted by molar-refractivity contribution is -0.146. The summed E-state index contributed by atoms with van der Waals surface area (Å²) in [6.45, 7) is -1.04. The van der Waals surface area contributed by atoms with Gasteiger partial charge in [0.05, 0.1) is 17.7 Å². The van der Waals surface area contributed by atoms with Gasteiger partial charge in [-0.15, -0.1) is 0 Å². The van der Waals surface area contributed by atoms with Crippen LogP contribution in [-0.4, -0.2) is 52.8 Å². The van der Waals surface area contributed by atoms with Crippen LogP contribution >= 0.6 is 0 Å². The summed E-state index contributed by atoms with van der Waals surface area (Å²) in [5.41, 5.74) is 0.0836. The summed E-state index contributed by atoms with van der Waals surface area (Å²) in [4.78, 5) is 34.5. The van der Waals surface area contributed by atoms with Crippen molar-refractivity contribution in [2.45, 2.75) is 18.5 Å². The lowest BCUT2D eigenvalue weighted by Gasteiger charge is -2.20. The summed E-state index contributed by atoms with van der Waals surface area (Å²) >= 11 is 0. The molecule has 5 nitrogen and oxygen atoms in total. The Kier molecular flexibility index (Phi) is 3.97. The summed E-state index contributed by atoms with van der Waals surface area (Å²) in [5.74, 6) is -3.79. The number of carbonyl (C=O) groups is 3. The Morgan fingerprint density at radius 1 is 1.10 bits per heavy atom. The van der Waals surface area contributed by atoms with Crippen LogP contribution < -0.4 is 0 Å². The second-order valence-corrected chi connectivity index (χ2v) is 4.47. The summed E-state index contributed by atoms with van der Waals surface area (Å²) in [5, 5.41) is 8.28. The number of alkyl halides is 3. The number of imide groups is 1. The molecule has 2 rings (SSSR count). The molecule has 112 valence electrons. The minimum absolute atomic E-state index is 0.0418. The number of rotatable bonds is 5. The largest absolute Gasteiger partial charge is 0.479 e. The van der Waals surface area contributed by atoms with Crippen molar-refractivity contribution in [3.8, 4) is 0 Å². The number of fused-ring (bicyclic) bond motifs is 1. The predicted molar refractivity (Wildman–Crippen MR) is 64.1 cm³/mol. The Morgan fingerprint density at radius 2 is 1.57 bits per heavy atom. The highest BCUT2D eigenvalue weighted by molar-refractivity contribution is 6.21. The van der Waals surface area contributed by atoms with Gasteiger partial charge in [-0.2, -0.15) is 0 Å². The van der Waals surface area contributed by atoms with Crippen LogP contribution in [-0.2, 0) is 4.79 Å². The average molecular weight is 301 g/mol. The molecule has 0 aliphatic carbocycles.